The molecule has 4 heteroatoms. The third kappa shape index (κ3) is 2.81. The number of fused-ring (bicyclic) bond motifs is 1. The molecular formula is C16H17BrN2O. The van der Waals surface area contributed by atoms with E-state index in [1.165, 1.54) is 10.9 Å². The number of nitrogens with zero attached hydrogens (tertiary/aromatic N) is 1. The lowest BCUT2D eigenvalue weighted by Crippen LogP contribution is -2.22. The van der Waals surface area contributed by atoms with Gasteiger partial charge in [0.1, 0.15) is 5.76 Å². The van der Waals surface area contributed by atoms with E-state index in [0.29, 0.717) is 0 Å². The lowest BCUT2D eigenvalue weighted by atomic mass is 10.2. The van der Waals surface area contributed by atoms with Crippen molar-refractivity contribution in [3.63, 3.8) is 0 Å². The van der Waals surface area contributed by atoms with Gasteiger partial charge in [-0.25, -0.2) is 0 Å². The molecule has 20 heavy (non-hydrogen) atoms. The SMILES string of the molecule is CC(NCCn1ccc2cc(Br)ccc21)c1ccco1. The van der Waals surface area contributed by atoms with Gasteiger partial charge in [-0.1, -0.05) is 15.9 Å². The van der Waals surface area contributed by atoms with Gasteiger partial charge in [0.25, 0.3) is 0 Å². The summed E-state index contributed by atoms with van der Waals surface area (Å²) in [5.74, 6) is 0.978. The monoisotopic (exact) mass is 332 g/mol. The van der Waals surface area contributed by atoms with Crippen molar-refractivity contribution < 1.29 is 4.42 Å². The van der Waals surface area contributed by atoms with Crippen LogP contribution in [0.25, 0.3) is 10.9 Å². The Hall–Kier alpha value is -1.52. The first kappa shape index (κ1) is 13.5. The summed E-state index contributed by atoms with van der Waals surface area (Å²) in [5, 5.41) is 4.74. The molecule has 2 heterocycles. The Kier molecular flexibility index (Phi) is 3.94. The minimum absolute atomic E-state index is 0.237. The van der Waals surface area contributed by atoms with Gasteiger partial charge >= 0.3 is 0 Å². The van der Waals surface area contributed by atoms with Crippen LogP contribution in [0.2, 0.25) is 0 Å². The number of rotatable bonds is 5. The normalized spacial score (nSPS) is 12.9. The summed E-state index contributed by atoms with van der Waals surface area (Å²) in [6.45, 7) is 3.96. The van der Waals surface area contributed by atoms with E-state index < -0.39 is 0 Å². The smallest absolute Gasteiger partial charge is 0.120 e. The van der Waals surface area contributed by atoms with Crippen LogP contribution < -0.4 is 5.32 Å². The highest BCUT2D eigenvalue weighted by Crippen LogP contribution is 2.20. The van der Waals surface area contributed by atoms with E-state index in [0.717, 1.165) is 23.3 Å². The fraction of sp³-hybridized carbons (Fsp3) is 0.250. The summed E-state index contributed by atoms with van der Waals surface area (Å²) in [7, 11) is 0. The predicted octanol–water partition coefficient (Wildman–Crippen LogP) is 4.35. The number of hydrogen-bond donors (Lipinski definition) is 1. The zero-order valence-electron chi connectivity index (χ0n) is 11.3. The van der Waals surface area contributed by atoms with Crippen LogP contribution in [-0.4, -0.2) is 11.1 Å². The molecule has 2 aromatic heterocycles. The molecule has 0 aliphatic rings. The summed E-state index contributed by atoms with van der Waals surface area (Å²) in [6.07, 6.45) is 3.85. The molecule has 0 amide bonds. The molecular weight excluding hydrogens is 316 g/mol. The quantitative estimate of drug-likeness (QED) is 0.752. The Balaban J connectivity index is 1.63. The van der Waals surface area contributed by atoms with Gasteiger partial charge in [0.15, 0.2) is 0 Å². The zero-order chi connectivity index (χ0) is 13.9. The second kappa shape index (κ2) is 5.85. The minimum Gasteiger partial charge on any atom is -0.468 e. The molecule has 0 bridgehead atoms. The van der Waals surface area contributed by atoms with Crippen molar-refractivity contribution >= 4 is 26.8 Å². The topological polar surface area (TPSA) is 30.1 Å². The molecule has 3 rings (SSSR count). The van der Waals surface area contributed by atoms with Crippen molar-refractivity contribution in [3.05, 3.63) is 59.1 Å². The van der Waals surface area contributed by atoms with Crippen LogP contribution in [0.1, 0.15) is 18.7 Å². The van der Waals surface area contributed by atoms with E-state index in [2.05, 4.69) is 63.2 Å². The van der Waals surface area contributed by atoms with Crippen molar-refractivity contribution in [2.24, 2.45) is 0 Å². The van der Waals surface area contributed by atoms with E-state index >= 15 is 0 Å². The van der Waals surface area contributed by atoms with Gasteiger partial charge in [0, 0.05) is 34.7 Å². The maximum absolute atomic E-state index is 5.39. The number of hydrogen-bond acceptors (Lipinski definition) is 2. The molecule has 1 atom stereocenters. The average Bonchev–Trinajstić information content (AvgIpc) is 3.08. The zero-order valence-corrected chi connectivity index (χ0v) is 12.9. The van der Waals surface area contributed by atoms with Crippen molar-refractivity contribution in [2.75, 3.05) is 6.54 Å². The van der Waals surface area contributed by atoms with Crippen LogP contribution in [0.3, 0.4) is 0 Å². The number of nitrogens with one attached hydrogen (secondary N) is 1. The van der Waals surface area contributed by atoms with Crippen LogP contribution in [0.4, 0.5) is 0 Å². The predicted molar refractivity (Wildman–Crippen MR) is 84.8 cm³/mol. The molecule has 0 fully saturated rings. The third-order valence-electron chi connectivity index (χ3n) is 3.51. The molecule has 0 aliphatic carbocycles. The van der Waals surface area contributed by atoms with Gasteiger partial charge in [-0.05, 0) is 43.3 Å². The molecule has 0 saturated heterocycles. The maximum atomic E-state index is 5.39. The van der Waals surface area contributed by atoms with Crippen molar-refractivity contribution in [2.45, 2.75) is 19.5 Å². The largest absolute Gasteiger partial charge is 0.468 e. The molecule has 0 aliphatic heterocycles. The first-order chi connectivity index (χ1) is 9.74. The minimum atomic E-state index is 0.237. The van der Waals surface area contributed by atoms with E-state index in [-0.39, 0.29) is 6.04 Å². The Morgan fingerprint density at radius 3 is 3.00 bits per heavy atom. The summed E-state index contributed by atoms with van der Waals surface area (Å²) in [4.78, 5) is 0. The molecule has 0 radical (unpaired) electrons. The molecule has 1 unspecified atom stereocenters. The lowest BCUT2D eigenvalue weighted by molar-refractivity contribution is 0.425. The van der Waals surface area contributed by atoms with Crippen LogP contribution in [0, 0.1) is 0 Å². The van der Waals surface area contributed by atoms with Gasteiger partial charge in [-0.2, -0.15) is 0 Å². The second-order valence-electron chi connectivity index (χ2n) is 4.90. The molecule has 104 valence electrons. The summed E-state index contributed by atoms with van der Waals surface area (Å²) in [6, 6.07) is 12.7. The Bertz CT molecular complexity index is 688. The van der Waals surface area contributed by atoms with Gasteiger partial charge in [-0.15, -0.1) is 0 Å². The Morgan fingerprint density at radius 1 is 1.30 bits per heavy atom. The highest BCUT2D eigenvalue weighted by Gasteiger charge is 2.07. The number of halogens is 1. The molecule has 0 saturated carbocycles. The third-order valence-corrected chi connectivity index (χ3v) is 4.00. The van der Waals surface area contributed by atoms with Crippen molar-refractivity contribution in [3.8, 4) is 0 Å². The highest BCUT2D eigenvalue weighted by atomic mass is 79.9. The van der Waals surface area contributed by atoms with Gasteiger partial charge in [0.05, 0.1) is 12.3 Å². The second-order valence-corrected chi connectivity index (χ2v) is 5.82. The van der Waals surface area contributed by atoms with E-state index in [4.69, 9.17) is 4.42 Å². The van der Waals surface area contributed by atoms with Crippen molar-refractivity contribution in [1.82, 2.24) is 9.88 Å². The van der Waals surface area contributed by atoms with Crippen LogP contribution in [0.15, 0.2) is 57.7 Å². The molecule has 0 spiro atoms. The molecule has 3 aromatic rings. The van der Waals surface area contributed by atoms with Gasteiger partial charge < -0.3 is 14.3 Å². The first-order valence-electron chi connectivity index (χ1n) is 6.75. The van der Waals surface area contributed by atoms with Crippen LogP contribution in [-0.2, 0) is 6.54 Å². The van der Waals surface area contributed by atoms with Gasteiger partial charge in [-0.3, -0.25) is 0 Å². The molecule has 3 nitrogen and oxygen atoms in total. The van der Waals surface area contributed by atoms with Gasteiger partial charge in [0.2, 0.25) is 0 Å². The van der Waals surface area contributed by atoms with Crippen LogP contribution >= 0.6 is 15.9 Å². The van der Waals surface area contributed by atoms with E-state index in [9.17, 15) is 0 Å². The highest BCUT2D eigenvalue weighted by molar-refractivity contribution is 9.10. The number of benzene rings is 1. The molecule has 1 aromatic carbocycles. The molecule has 1 N–H and O–H groups in total. The Labute approximate surface area is 126 Å². The average molecular weight is 333 g/mol. The number of aromatic nitrogens is 1. The fourth-order valence-electron chi connectivity index (χ4n) is 2.41. The first-order valence-corrected chi connectivity index (χ1v) is 7.54. The lowest BCUT2D eigenvalue weighted by Gasteiger charge is -2.12. The fourth-order valence-corrected chi connectivity index (χ4v) is 2.78. The summed E-state index contributed by atoms with van der Waals surface area (Å²) >= 11 is 3.50. The standard InChI is InChI=1S/C16H17BrN2O/c1-12(16-3-2-10-20-16)18-7-9-19-8-6-13-11-14(17)4-5-15(13)19/h2-6,8,10-12,18H,7,9H2,1H3. The van der Waals surface area contributed by atoms with Crippen molar-refractivity contribution in [1.29, 1.82) is 0 Å². The van der Waals surface area contributed by atoms with E-state index in [1.807, 2.05) is 12.1 Å². The number of furan rings is 1. The maximum Gasteiger partial charge on any atom is 0.120 e. The Morgan fingerprint density at radius 2 is 2.20 bits per heavy atom. The summed E-state index contributed by atoms with van der Waals surface area (Å²) in [5.41, 5.74) is 1.26. The van der Waals surface area contributed by atoms with E-state index in [1.54, 1.807) is 6.26 Å². The van der Waals surface area contributed by atoms with Crippen LogP contribution in [0.5, 0.6) is 0 Å². The summed E-state index contributed by atoms with van der Waals surface area (Å²) < 4.78 is 8.78.